The number of rotatable bonds is 5. The number of hydrogen-bond donors (Lipinski definition) is 2. The minimum Gasteiger partial charge on any atom is -0.450 e. The molecule has 0 aromatic heterocycles. The Morgan fingerprint density at radius 1 is 1.31 bits per heavy atom. The third-order valence-corrected chi connectivity index (χ3v) is 1.65. The summed E-state index contributed by atoms with van der Waals surface area (Å²) in [7, 11) is 0. The molecular formula is C10H20O3. The van der Waals surface area contributed by atoms with Gasteiger partial charge in [0.1, 0.15) is 0 Å². The first-order valence-corrected chi connectivity index (χ1v) is 4.62. The molecule has 13 heavy (non-hydrogen) atoms. The van der Waals surface area contributed by atoms with Gasteiger partial charge in [0.05, 0.1) is 0 Å². The van der Waals surface area contributed by atoms with Crippen molar-refractivity contribution in [1.29, 1.82) is 0 Å². The summed E-state index contributed by atoms with van der Waals surface area (Å²) in [5, 5.41) is 13.9. The van der Waals surface area contributed by atoms with Crippen LogP contribution in [-0.2, 0) is 0 Å². The minimum absolute atomic E-state index is 0.778. The first-order chi connectivity index (χ1) is 6.08. The molecule has 0 atom stereocenters. The van der Waals surface area contributed by atoms with Crippen LogP contribution in [0.2, 0.25) is 0 Å². The molecule has 0 aliphatic carbocycles. The molecule has 0 aromatic rings. The van der Waals surface area contributed by atoms with Crippen LogP contribution in [0.25, 0.3) is 0 Å². The van der Waals surface area contributed by atoms with Crippen LogP contribution in [0, 0.1) is 5.92 Å². The molecule has 78 valence electrons. The second-order valence-corrected chi connectivity index (χ2v) is 2.86. The van der Waals surface area contributed by atoms with Gasteiger partial charge in [-0.1, -0.05) is 32.8 Å². The predicted molar refractivity (Wildman–Crippen MR) is 54.2 cm³/mol. The highest BCUT2D eigenvalue weighted by Gasteiger charge is 1.98. The van der Waals surface area contributed by atoms with Gasteiger partial charge in [-0.3, -0.25) is 0 Å². The van der Waals surface area contributed by atoms with Crippen LogP contribution in [-0.4, -0.2) is 16.4 Å². The van der Waals surface area contributed by atoms with E-state index in [2.05, 4.69) is 26.5 Å². The molecule has 0 amide bonds. The Morgan fingerprint density at radius 3 is 1.77 bits per heavy atom. The molecule has 0 saturated carbocycles. The van der Waals surface area contributed by atoms with E-state index in [0.29, 0.717) is 0 Å². The normalized spacial score (nSPS) is 8.85. The molecule has 0 heterocycles. The molecule has 0 bridgehead atoms. The van der Waals surface area contributed by atoms with E-state index in [1.165, 1.54) is 25.7 Å². The van der Waals surface area contributed by atoms with Crippen molar-refractivity contribution in [2.45, 2.75) is 39.5 Å². The van der Waals surface area contributed by atoms with Gasteiger partial charge < -0.3 is 10.2 Å². The van der Waals surface area contributed by atoms with Crippen LogP contribution in [0.3, 0.4) is 0 Å². The Labute approximate surface area is 80.1 Å². The molecule has 0 fully saturated rings. The van der Waals surface area contributed by atoms with Crippen molar-refractivity contribution in [1.82, 2.24) is 0 Å². The summed E-state index contributed by atoms with van der Waals surface area (Å²) in [6, 6.07) is 0. The van der Waals surface area contributed by atoms with Crippen molar-refractivity contribution in [2.24, 2.45) is 5.92 Å². The Kier molecular flexibility index (Phi) is 12.3. The third kappa shape index (κ3) is 18.2. The summed E-state index contributed by atoms with van der Waals surface area (Å²) in [6.07, 6.45) is 5.47. The predicted octanol–water partition coefficient (Wildman–Crippen LogP) is 3.61. The Hall–Kier alpha value is -0.990. The van der Waals surface area contributed by atoms with Crippen LogP contribution in [0.15, 0.2) is 12.7 Å². The van der Waals surface area contributed by atoms with Gasteiger partial charge in [-0.2, -0.15) is 0 Å². The van der Waals surface area contributed by atoms with Crippen molar-refractivity contribution in [2.75, 3.05) is 0 Å². The fraction of sp³-hybridized carbons (Fsp3) is 0.700. The quantitative estimate of drug-likeness (QED) is 0.648. The number of carboxylic acid groups (broad SMARTS) is 2. The molecule has 0 aliphatic rings. The first kappa shape index (κ1) is 14.5. The maximum absolute atomic E-state index is 8.56. The smallest absolute Gasteiger partial charge is 0.450 e. The summed E-state index contributed by atoms with van der Waals surface area (Å²) >= 11 is 0. The number of carbonyl (C=O) groups is 1. The highest BCUT2D eigenvalue weighted by Crippen LogP contribution is 2.13. The molecule has 0 radical (unpaired) electrons. The lowest BCUT2D eigenvalue weighted by Gasteiger charge is -2.07. The van der Waals surface area contributed by atoms with Gasteiger partial charge in [0.2, 0.25) is 0 Å². The molecule has 3 heteroatoms. The molecule has 2 N–H and O–H groups in total. The average molecular weight is 188 g/mol. The second kappa shape index (κ2) is 11.0. The number of allylic oxidation sites excluding steroid dienone is 1. The van der Waals surface area contributed by atoms with E-state index in [0.717, 1.165) is 5.92 Å². The van der Waals surface area contributed by atoms with Crippen molar-refractivity contribution < 1.29 is 15.0 Å². The minimum atomic E-state index is -1.83. The summed E-state index contributed by atoms with van der Waals surface area (Å²) in [5.74, 6) is 0.778. The van der Waals surface area contributed by atoms with Gasteiger partial charge in [-0.25, -0.2) is 4.79 Å². The van der Waals surface area contributed by atoms with E-state index >= 15 is 0 Å². The maximum Gasteiger partial charge on any atom is 0.503 e. The summed E-state index contributed by atoms with van der Waals surface area (Å²) in [4.78, 5) is 8.56. The molecule has 3 nitrogen and oxygen atoms in total. The zero-order valence-electron chi connectivity index (χ0n) is 8.49. The maximum atomic E-state index is 8.56. The molecule has 0 spiro atoms. The number of hydrogen-bond acceptors (Lipinski definition) is 1. The van der Waals surface area contributed by atoms with Crippen molar-refractivity contribution >= 4 is 6.16 Å². The van der Waals surface area contributed by atoms with Gasteiger partial charge >= 0.3 is 6.16 Å². The highest BCUT2D eigenvalue weighted by molar-refractivity contribution is 5.53. The van der Waals surface area contributed by atoms with Crippen LogP contribution in [0.1, 0.15) is 39.5 Å². The first-order valence-electron chi connectivity index (χ1n) is 4.62. The molecule has 0 saturated heterocycles. The van der Waals surface area contributed by atoms with Crippen LogP contribution >= 0.6 is 0 Å². The van der Waals surface area contributed by atoms with E-state index in [1.807, 2.05) is 0 Å². The lowest BCUT2D eigenvalue weighted by Crippen LogP contribution is -1.93. The lowest BCUT2D eigenvalue weighted by molar-refractivity contribution is 0.137. The van der Waals surface area contributed by atoms with Crippen molar-refractivity contribution in [3.8, 4) is 0 Å². The van der Waals surface area contributed by atoms with Crippen LogP contribution in [0.4, 0.5) is 4.79 Å². The third-order valence-electron chi connectivity index (χ3n) is 1.65. The summed E-state index contributed by atoms with van der Waals surface area (Å²) in [5.41, 5.74) is 0. The average Bonchev–Trinajstić information content (AvgIpc) is 2.03. The monoisotopic (exact) mass is 188 g/mol. The van der Waals surface area contributed by atoms with Gasteiger partial charge in [-0.05, 0) is 18.8 Å². The molecular weight excluding hydrogens is 168 g/mol. The zero-order valence-corrected chi connectivity index (χ0v) is 8.49. The Bertz CT molecular complexity index is 122. The van der Waals surface area contributed by atoms with Gasteiger partial charge in [-0.15, -0.1) is 6.58 Å². The Balaban J connectivity index is 0. The van der Waals surface area contributed by atoms with Crippen molar-refractivity contribution in [3.05, 3.63) is 12.7 Å². The fourth-order valence-electron chi connectivity index (χ4n) is 1.12. The Morgan fingerprint density at radius 2 is 1.62 bits per heavy atom. The fourth-order valence-corrected chi connectivity index (χ4v) is 1.12. The second-order valence-electron chi connectivity index (χ2n) is 2.86. The van der Waals surface area contributed by atoms with E-state index in [-0.39, 0.29) is 0 Å². The molecule has 0 aromatic carbocycles. The zero-order chi connectivity index (χ0) is 10.7. The van der Waals surface area contributed by atoms with Gasteiger partial charge in [0.15, 0.2) is 0 Å². The summed E-state index contributed by atoms with van der Waals surface area (Å²) < 4.78 is 0. The standard InChI is InChI=1S/C9H18.CH2O3/c1-4-7-9(6-3)8-5-2;2-1(3)4/h6,9H,3-5,7-8H2,1-2H3;(H2,2,3,4). The lowest BCUT2D eigenvalue weighted by atomic mass is 9.99. The van der Waals surface area contributed by atoms with Gasteiger partial charge in [0, 0.05) is 0 Å². The van der Waals surface area contributed by atoms with E-state index in [9.17, 15) is 0 Å². The van der Waals surface area contributed by atoms with E-state index in [4.69, 9.17) is 15.0 Å². The van der Waals surface area contributed by atoms with Gasteiger partial charge in [0.25, 0.3) is 0 Å². The topological polar surface area (TPSA) is 57.5 Å². The molecule has 0 unspecified atom stereocenters. The molecule has 0 aliphatic heterocycles. The molecule has 0 rings (SSSR count). The highest BCUT2D eigenvalue weighted by atomic mass is 16.6. The van der Waals surface area contributed by atoms with E-state index in [1.54, 1.807) is 0 Å². The SMILES string of the molecule is C=CC(CCC)CCC.O=C(O)O. The van der Waals surface area contributed by atoms with Crippen molar-refractivity contribution in [3.63, 3.8) is 0 Å². The van der Waals surface area contributed by atoms with Crippen LogP contribution < -0.4 is 0 Å². The van der Waals surface area contributed by atoms with Crippen LogP contribution in [0.5, 0.6) is 0 Å². The summed E-state index contributed by atoms with van der Waals surface area (Å²) in [6.45, 7) is 8.25. The largest absolute Gasteiger partial charge is 0.503 e. The van der Waals surface area contributed by atoms with E-state index < -0.39 is 6.16 Å².